The average molecular weight is 233 g/mol. The molecule has 0 spiro atoms. The Kier molecular flexibility index (Phi) is 6.95. The maximum absolute atomic E-state index is 3.44. The predicted octanol–water partition coefficient (Wildman–Crippen LogP) is 3.89. The van der Waals surface area contributed by atoms with E-state index in [1.165, 1.54) is 24.8 Å². The van der Waals surface area contributed by atoms with Crippen molar-refractivity contribution in [1.82, 2.24) is 5.32 Å². The normalized spacial score (nSPS) is 14.5. The summed E-state index contributed by atoms with van der Waals surface area (Å²) in [5.74, 6) is 1.60. The summed E-state index contributed by atoms with van der Waals surface area (Å²) < 4.78 is 0. The van der Waals surface area contributed by atoms with Crippen molar-refractivity contribution in [2.24, 2.45) is 11.8 Å². The minimum atomic E-state index is 0.783. The Morgan fingerprint density at radius 1 is 1.06 bits per heavy atom. The van der Waals surface area contributed by atoms with E-state index in [4.69, 9.17) is 0 Å². The first-order valence-corrected chi connectivity index (χ1v) is 6.98. The second kappa shape index (κ2) is 8.30. The molecule has 1 aromatic rings. The summed E-state index contributed by atoms with van der Waals surface area (Å²) >= 11 is 0. The van der Waals surface area contributed by atoms with Crippen molar-refractivity contribution in [1.29, 1.82) is 0 Å². The van der Waals surface area contributed by atoms with Crippen LogP contribution in [0.3, 0.4) is 0 Å². The fourth-order valence-electron chi connectivity index (χ4n) is 2.13. The third-order valence-electron chi connectivity index (χ3n) is 3.66. The van der Waals surface area contributed by atoms with E-state index in [2.05, 4.69) is 56.4 Å². The minimum Gasteiger partial charge on any atom is -0.317 e. The molecule has 0 saturated heterocycles. The van der Waals surface area contributed by atoms with Crippen molar-refractivity contribution in [2.45, 2.75) is 40.0 Å². The molecular formula is C16H27N. The van der Waals surface area contributed by atoms with Gasteiger partial charge in [-0.25, -0.2) is 0 Å². The maximum atomic E-state index is 3.44. The number of nitrogens with one attached hydrogen (secondary N) is 1. The zero-order valence-corrected chi connectivity index (χ0v) is 11.6. The molecule has 0 aliphatic carbocycles. The van der Waals surface area contributed by atoms with Crippen LogP contribution >= 0.6 is 0 Å². The zero-order valence-electron chi connectivity index (χ0n) is 11.6. The Balaban J connectivity index is 2.17. The molecule has 96 valence electrons. The van der Waals surface area contributed by atoms with Crippen LogP contribution in [-0.2, 0) is 6.42 Å². The molecule has 1 rings (SSSR count). The SMILES string of the molecule is CCNCC(C)C(C)CCCc1ccccc1. The van der Waals surface area contributed by atoms with E-state index in [-0.39, 0.29) is 0 Å². The number of hydrogen-bond donors (Lipinski definition) is 1. The Hall–Kier alpha value is -0.820. The Morgan fingerprint density at radius 3 is 2.41 bits per heavy atom. The van der Waals surface area contributed by atoms with Crippen molar-refractivity contribution in [2.75, 3.05) is 13.1 Å². The van der Waals surface area contributed by atoms with E-state index in [0.717, 1.165) is 24.9 Å². The largest absolute Gasteiger partial charge is 0.317 e. The van der Waals surface area contributed by atoms with Gasteiger partial charge in [0.25, 0.3) is 0 Å². The molecule has 1 nitrogen and oxygen atoms in total. The lowest BCUT2D eigenvalue weighted by molar-refractivity contribution is 0.343. The van der Waals surface area contributed by atoms with Crippen LogP contribution in [0, 0.1) is 11.8 Å². The Morgan fingerprint density at radius 2 is 1.76 bits per heavy atom. The molecule has 0 amide bonds. The molecule has 0 aromatic heterocycles. The molecular weight excluding hydrogens is 206 g/mol. The van der Waals surface area contributed by atoms with Gasteiger partial charge >= 0.3 is 0 Å². The van der Waals surface area contributed by atoms with Gasteiger partial charge in [0.1, 0.15) is 0 Å². The maximum Gasteiger partial charge on any atom is -0.00207 e. The molecule has 1 heteroatoms. The zero-order chi connectivity index (χ0) is 12.5. The van der Waals surface area contributed by atoms with Crippen molar-refractivity contribution >= 4 is 0 Å². The van der Waals surface area contributed by atoms with Gasteiger partial charge in [-0.2, -0.15) is 0 Å². The van der Waals surface area contributed by atoms with Crippen molar-refractivity contribution < 1.29 is 0 Å². The third-order valence-corrected chi connectivity index (χ3v) is 3.66. The van der Waals surface area contributed by atoms with E-state index in [1.807, 2.05) is 0 Å². The summed E-state index contributed by atoms with van der Waals surface area (Å²) in [7, 11) is 0. The summed E-state index contributed by atoms with van der Waals surface area (Å²) in [4.78, 5) is 0. The highest BCUT2D eigenvalue weighted by atomic mass is 14.8. The van der Waals surface area contributed by atoms with Crippen molar-refractivity contribution in [3.63, 3.8) is 0 Å². The quantitative estimate of drug-likeness (QED) is 0.718. The van der Waals surface area contributed by atoms with Crippen LogP contribution in [0.2, 0.25) is 0 Å². The monoisotopic (exact) mass is 233 g/mol. The molecule has 0 bridgehead atoms. The fraction of sp³-hybridized carbons (Fsp3) is 0.625. The van der Waals surface area contributed by atoms with Crippen molar-refractivity contribution in [3.8, 4) is 0 Å². The number of hydrogen-bond acceptors (Lipinski definition) is 1. The van der Waals surface area contributed by atoms with Crippen LogP contribution in [0.15, 0.2) is 30.3 Å². The van der Waals surface area contributed by atoms with Gasteiger partial charge in [0.15, 0.2) is 0 Å². The summed E-state index contributed by atoms with van der Waals surface area (Å²) in [5.41, 5.74) is 1.47. The van der Waals surface area contributed by atoms with Crippen molar-refractivity contribution in [3.05, 3.63) is 35.9 Å². The topological polar surface area (TPSA) is 12.0 Å². The summed E-state index contributed by atoms with van der Waals surface area (Å²) in [5, 5.41) is 3.44. The van der Waals surface area contributed by atoms with Crippen LogP contribution in [0.25, 0.3) is 0 Å². The highest BCUT2D eigenvalue weighted by Gasteiger charge is 2.10. The van der Waals surface area contributed by atoms with Crippen LogP contribution in [0.4, 0.5) is 0 Å². The second-order valence-corrected chi connectivity index (χ2v) is 5.14. The van der Waals surface area contributed by atoms with Crippen LogP contribution in [0.5, 0.6) is 0 Å². The fourth-order valence-corrected chi connectivity index (χ4v) is 2.13. The van der Waals surface area contributed by atoms with Gasteiger partial charge in [-0.05, 0) is 43.3 Å². The molecule has 2 atom stereocenters. The standard InChI is InChI=1S/C16H27N/c1-4-17-13-15(3)14(2)9-8-12-16-10-6-5-7-11-16/h5-7,10-11,14-15,17H,4,8-9,12-13H2,1-3H3. The highest BCUT2D eigenvalue weighted by molar-refractivity contribution is 5.14. The molecule has 0 heterocycles. The number of aryl methyl sites for hydroxylation is 1. The van der Waals surface area contributed by atoms with Gasteiger partial charge in [0.2, 0.25) is 0 Å². The minimum absolute atomic E-state index is 0.783. The third kappa shape index (κ3) is 5.88. The lowest BCUT2D eigenvalue weighted by atomic mass is 9.90. The predicted molar refractivity (Wildman–Crippen MR) is 76.3 cm³/mol. The van der Waals surface area contributed by atoms with Crippen LogP contribution in [-0.4, -0.2) is 13.1 Å². The van der Waals surface area contributed by atoms with E-state index in [0.29, 0.717) is 0 Å². The van der Waals surface area contributed by atoms with Crippen LogP contribution < -0.4 is 5.32 Å². The van der Waals surface area contributed by atoms with E-state index < -0.39 is 0 Å². The summed E-state index contributed by atoms with van der Waals surface area (Å²) in [6, 6.07) is 10.8. The Labute approximate surface area is 107 Å². The molecule has 17 heavy (non-hydrogen) atoms. The molecule has 0 aliphatic heterocycles. The van der Waals surface area contributed by atoms with Gasteiger partial charge in [-0.3, -0.25) is 0 Å². The molecule has 1 N–H and O–H groups in total. The smallest absolute Gasteiger partial charge is 0.00207 e. The average Bonchev–Trinajstić information content (AvgIpc) is 2.37. The van der Waals surface area contributed by atoms with E-state index in [1.54, 1.807) is 0 Å². The van der Waals surface area contributed by atoms with E-state index in [9.17, 15) is 0 Å². The van der Waals surface area contributed by atoms with Gasteiger partial charge in [0.05, 0.1) is 0 Å². The summed E-state index contributed by atoms with van der Waals surface area (Å²) in [6.45, 7) is 9.15. The molecule has 0 aliphatic rings. The number of benzene rings is 1. The molecule has 0 fully saturated rings. The molecule has 0 saturated carbocycles. The molecule has 2 unspecified atom stereocenters. The van der Waals surface area contributed by atoms with E-state index >= 15 is 0 Å². The second-order valence-electron chi connectivity index (χ2n) is 5.14. The molecule has 1 aromatic carbocycles. The van der Waals surface area contributed by atoms with Gasteiger partial charge in [-0.15, -0.1) is 0 Å². The first-order valence-electron chi connectivity index (χ1n) is 6.98. The summed E-state index contributed by atoms with van der Waals surface area (Å²) in [6.07, 6.45) is 3.86. The van der Waals surface area contributed by atoms with Gasteiger partial charge in [0, 0.05) is 0 Å². The van der Waals surface area contributed by atoms with Gasteiger partial charge < -0.3 is 5.32 Å². The lowest BCUT2D eigenvalue weighted by Crippen LogP contribution is -2.24. The Bertz CT molecular complexity index is 281. The molecule has 0 radical (unpaired) electrons. The first kappa shape index (κ1) is 14.2. The highest BCUT2D eigenvalue weighted by Crippen LogP contribution is 2.17. The lowest BCUT2D eigenvalue weighted by Gasteiger charge is -2.20. The number of rotatable bonds is 8. The first-order chi connectivity index (χ1) is 8.24. The van der Waals surface area contributed by atoms with Crippen LogP contribution in [0.1, 0.15) is 39.2 Å². The van der Waals surface area contributed by atoms with Gasteiger partial charge in [-0.1, -0.05) is 57.5 Å².